The maximum Gasteiger partial charge on any atom is 0.175 e. The van der Waals surface area contributed by atoms with Gasteiger partial charge in [-0.2, -0.15) is 0 Å². The zero-order valence-corrected chi connectivity index (χ0v) is 14.0. The molecule has 0 radical (unpaired) electrons. The number of phenols is 1. The van der Waals surface area contributed by atoms with Crippen LogP contribution in [0.2, 0.25) is 0 Å². The number of hydrogen-bond acceptors (Lipinski definition) is 5. The summed E-state index contributed by atoms with van der Waals surface area (Å²) in [6.45, 7) is 1.81. The smallest absolute Gasteiger partial charge is 0.175 e. The second kappa shape index (κ2) is 5.72. The van der Waals surface area contributed by atoms with Crippen LogP contribution in [0.3, 0.4) is 0 Å². The molecule has 0 saturated carbocycles. The SMILES string of the molecule is Cc1cc2c(C=O)cc(-c3ccc(S(C)(=O)=O)cc3)c(O)c2cn1. The molecular formula is C18H15NO4S. The summed E-state index contributed by atoms with van der Waals surface area (Å²) in [5.41, 5.74) is 2.26. The Morgan fingerprint density at radius 1 is 1.08 bits per heavy atom. The Hall–Kier alpha value is -2.73. The van der Waals surface area contributed by atoms with E-state index in [2.05, 4.69) is 4.98 Å². The van der Waals surface area contributed by atoms with Crippen molar-refractivity contribution in [1.82, 2.24) is 4.98 Å². The van der Waals surface area contributed by atoms with Gasteiger partial charge < -0.3 is 5.11 Å². The molecule has 0 bridgehead atoms. The Morgan fingerprint density at radius 2 is 1.75 bits per heavy atom. The van der Waals surface area contributed by atoms with E-state index in [1.165, 1.54) is 18.3 Å². The topological polar surface area (TPSA) is 84.3 Å². The number of hydrogen-bond donors (Lipinski definition) is 1. The van der Waals surface area contributed by atoms with E-state index in [-0.39, 0.29) is 10.6 Å². The highest BCUT2D eigenvalue weighted by atomic mass is 32.2. The summed E-state index contributed by atoms with van der Waals surface area (Å²) in [6, 6.07) is 9.50. The van der Waals surface area contributed by atoms with Crippen LogP contribution in [-0.4, -0.2) is 31.1 Å². The minimum atomic E-state index is -3.29. The largest absolute Gasteiger partial charge is 0.507 e. The normalized spacial score (nSPS) is 11.6. The summed E-state index contributed by atoms with van der Waals surface area (Å²) < 4.78 is 23.1. The van der Waals surface area contributed by atoms with Crippen LogP contribution in [0.25, 0.3) is 21.9 Å². The number of aldehydes is 1. The van der Waals surface area contributed by atoms with Gasteiger partial charge in [0.05, 0.1) is 4.90 Å². The van der Waals surface area contributed by atoms with E-state index in [0.717, 1.165) is 18.2 Å². The lowest BCUT2D eigenvalue weighted by molar-refractivity contribution is 0.112. The minimum absolute atomic E-state index is 0.00945. The lowest BCUT2D eigenvalue weighted by Crippen LogP contribution is -1.96. The zero-order valence-electron chi connectivity index (χ0n) is 13.1. The lowest BCUT2D eigenvalue weighted by atomic mass is 9.96. The summed E-state index contributed by atoms with van der Waals surface area (Å²) in [5, 5.41) is 11.7. The zero-order chi connectivity index (χ0) is 17.5. The predicted molar refractivity (Wildman–Crippen MR) is 92.1 cm³/mol. The molecule has 2 aromatic carbocycles. The molecule has 0 atom stereocenters. The highest BCUT2D eigenvalue weighted by molar-refractivity contribution is 7.90. The molecule has 5 nitrogen and oxygen atoms in total. The van der Waals surface area contributed by atoms with Crippen molar-refractivity contribution in [2.24, 2.45) is 0 Å². The van der Waals surface area contributed by atoms with Crippen LogP contribution >= 0.6 is 0 Å². The van der Waals surface area contributed by atoms with Gasteiger partial charge in [-0.05, 0) is 42.1 Å². The van der Waals surface area contributed by atoms with E-state index in [0.29, 0.717) is 27.5 Å². The molecule has 1 heterocycles. The monoisotopic (exact) mass is 341 g/mol. The number of fused-ring (bicyclic) bond motifs is 1. The fourth-order valence-corrected chi connectivity index (χ4v) is 3.26. The first-order valence-corrected chi connectivity index (χ1v) is 9.08. The molecule has 0 saturated heterocycles. The molecule has 1 aromatic heterocycles. The van der Waals surface area contributed by atoms with Crippen LogP contribution < -0.4 is 0 Å². The standard InChI is InChI=1S/C18H15NO4S/c1-11-7-15-13(10-20)8-16(18(21)17(15)9-19-11)12-3-5-14(6-4-12)24(2,22)23/h3-10,21H,1-2H3. The van der Waals surface area contributed by atoms with Gasteiger partial charge in [0.15, 0.2) is 16.1 Å². The fourth-order valence-electron chi connectivity index (χ4n) is 2.63. The molecule has 24 heavy (non-hydrogen) atoms. The Morgan fingerprint density at radius 3 is 2.33 bits per heavy atom. The molecule has 0 amide bonds. The van der Waals surface area contributed by atoms with Crippen LogP contribution in [0.5, 0.6) is 5.75 Å². The number of nitrogens with zero attached hydrogens (tertiary/aromatic N) is 1. The van der Waals surface area contributed by atoms with Gasteiger partial charge in [0.2, 0.25) is 0 Å². The number of aryl methyl sites for hydroxylation is 1. The highest BCUT2D eigenvalue weighted by Crippen LogP contribution is 2.37. The van der Waals surface area contributed by atoms with Crippen molar-refractivity contribution in [2.75, 3.05) is 6.26 Å². The van der Waals surface area contributed by atoms with Crippen molar-refractivity contribution in [2.45, 2.75) is 11.8 Å². The first-order valence-electron chi connectivity index (χ1n) is 7.19. The number of aromatic hydroxyl groups is 1. The first kappa shape index (κ1) is 16.1. The third kappa shape index (κ3) is 2.76. The fraction of sp³-hybridized carbons (Fsp3) is 0.111. The third-order valence-corrected chi connectivity index (χ3v) is 5.01. The first-order chi connectivity index (χ1) is 11.3. The summed E-state index contributed by atoms with van der Waals surface area (Å²) >= 11 is 0. The molecule has 0 fully saturated rings. The average molecular weight is 341 g/mol. The Bertz CT molecular complexity index is 1050. The third-order valence-electron chi connectivity index (χ3n) is 3.88. The number of benzene rings is 2. The van der Waals surface area contributed by atoms with E-state index in [4.69, 9.17) is 0 Å². The summed E-state index contributed by atoms with van der Waals surface area (Å²) in [7, 11) is -3.29. The average Bonchev–Trinajstić information content (AvgIpc) is 2.54. The van der Waals surface area contributed by atoms with Crippen LogP contribution in [0.1, 0.15) is 16.1 Å². The van der Waals surface area contributed by atoms with Gasteiger partial charge in [-0.3, -0.25) is 9.78 Å². The van der Waals surface area contributed by atoms with Crippen molar-refractivity contribution in [3.05, 3.63) is 53.9 Å². The van der Waals surface area contributed by atoms with Crippen LogP contribution in [0, 0.1) is 6.92 Å². The van der Waals surface area contributed by atoms with Gasteiger partial charge in [-0.1, -0.05) is 12.1 Å². The highest BCUT2D eigenvalue weighted by Gasteiger charge is 2.14. The van der Waals surface area contributed by atoms with Crippen LogP contribution in [-0.2, 0) is 9.84 Å². The molecule has 3 rings (SSSR count). The molecule has 0 unspecified atom stereocenters. The van der Waals surface area contributed by atoms with E-state index in [1.807, 2.05) is 6.92 Å². The summed E-state index contributed by atoms with van der Waals surface area (Å²) in [6.07, 6.45) is 3.39. The van der Waals surface area contributed by atoms with Crippen molar-refractivity contribution >= 4 is 26.9 Å². The second-order valence-corrected chi connectivity index (χ2v) is 7.66. The summed E-state index contributed by atoms with van der Waals surface area (Å²) in [4.78, 5) is 15.8. The number of carbonyl (C=O) groups is 1. The number of aromatic nitrogens is 1. The van der Waals surface area contributed by atoms with Crippen molar-refractivity contribution in [1.29, 1.82) is 0 Å². The molecule has 122 valence electrons. The molecule has 6 heteroatoms. The van der Waals surface area contributed by atoms with E-state index in [1.54, 1.807) is 24.3 Å². The lowest BCUT2D eigenvalue weighted by Gasteiger charge is -2.11. The maximum atomic E-state index is 11.6. The van der Waals surface area contributed by atoms with Crippen LogP contribution in [0.4, 0.5) is 0 Å². The Kier molecular flexibility index (Phi) is 3.85. The number of pyridine rings is 1. The van der Waals surface area contributed by atoms with E-state index < -0.39 is 9.84 Å². The van der Waals surface area contributed by atoms with Gasteiger partial charge in [0.25, 0.3) is 0 Å². The van der Waals surface area contributed by atoms with Gasteiger partial charge >= 0.3 is 0 Å². The quantitative estimate of drug-likeness (QED) is 0.740. The minimum Gasteiger partial charge on any atom is -0.507 e. The Labute approximate surface area is 139 Å². The molecule has 1 N–H and O–H groups in total. The van der Waals surface area contributed by atoms with Gasteiger partial charge in [0, 0.05) is 34.7 Å². The number of sulfone groups is 1. The molecule has 3 aromatic rings. The number of rotatable bonds is 3. The maximum absolute atomic E-state index is 11.6. The van der Waals surface area contributed by atoms with Crippen molar-refractivity contribution in [3.8, 4) is 16.9 Å². The van der Waals surface area contributed by atoms with Gasteiger partial charge in [-0.25, -0.2) is 8.42 Å². The molecule has 0 aliphatic rings. The van der Waals surface area contributed by atoms with Gasteiger partial charge in [0.1, 0.15) is 5.75 Å². The summed E-state index contributed by atoms with van der Waals surface area (Å²) in [5.74, 6) is 0.00945. The Balaban J connectivity index is 2.25. The predicted octanol–water partition coefficient (Wildman–Crippen LogP) is 3.13. The second-order valence-electron chi connectivity index (χ2n) is 5.65. The number of phenolic OH excluding ortho intramolecular Hbond substituents is 1. The van der Waals surface area contributed by atoms with Crippen molar-refractivity contribution in [3.63, 3.8) is 0 Å². The van der Waals surface area contributed by atoms with Gasteiger partial charge in [-0.15, -0.1) is 0 Å². The van der Waals surface area contributed by atoms with E-state index in [9.17, 15) is 18.3 Å². The molecule has 0 aliphatic heterocycles. The molecule has 0 spiro atoms. The number of carbonyl (C=O) groups excluding carboxylic acids is 1. The van der Waals surface area contributed by atoms with E-state index >= 15 is 0 Å². The molecular weight excluding hydrogens is 326 g/mol. The van der Waals surface area contributed by atoms with Crippen molar-refractivity contribution < 1.29 is 18.3 Å². The van der Waals surface area contributed by atoms with Crippen LogP contribution in [0.15, 0.2) is 47.5 Å². The molecule has 0 aliphatic carbocycles.